The molecule has 0 aliphatic heterocycles. The van der Waals surface area contributed by atoms with Crippen molar-refractivity contribution in [3.05, 3.63) is 35.4 Å². The number of carbonyl (C=O) groups is 1. The zero-order valence-electron chi connectivity index (χ0n) is 8.30. The normalized spacial score (nSPS) is 9.88. The third kappa shape index (κ3) is 3.30. The Morgan fingerprint density at radius 1 is 1.44 bits per heavy atom. The van der Waals surface area contributed by atoms with E-state index < -0.39 is 23.4 Å². The first-order valence-electron chi connectivity index (χ1n) is 4.46. The highest BCUT2D eigenvalue weighted by molar-refractivity contribution is 6.33. The summed E-state index contributed by atoms with van der Waals surface area (Å²) in [7, 11) is 0. The highest BCUT2D eigenvalue weighted by atomic mass is 19.1. The first-order chi connectivity index (χ1) is 7.50. The second-order valence-corrected chi connectivity index (χ2v) is 3.03. The fraction of sp³-hybridized carbons (Fsp3) is 0.200. The van der Waals surface area contributed by atoms with Crippen LogP contribution in [-0.2, 0) is 16.0 Å². The van der Waals surface area contributed by atoms with Crippen molar-refractivity contribution in [2.45, 2.75) is 6.42 Å². The molecule has 6 heteroatoms. The van der Waals surface area contributed by atoms with Crippen LogP contribution < -0.4 is 5.73 Å². The maximum absolute atomic E-state index is 13.1. The summed E-state index contributed by atoms with van der Waals surface area (Å²) >= 11 is 0. The zero-order valence-corrected chi connectivity index (χ0v) is 8.30. The minimum atomic E-state index is -1.00. The molecule has 0 aliphatic rings. The summed E-state index contributed by atoms with van der Waals surface area (Å²) < 4.78 is 30.4. The van der Waals surface area contributed by atoms with E-state index in [-0.39, 0.29) is 18.6 Å². The molecule has 16 heavy (non-hydrogen) atoms. The van der Waals surface area contributed by atoms with Crippen molar-refractivity contribution in [3.8, 4) is 0 Å². The summed E-state index contributed by atoms with van der Waals surface area (Å²) in [5.41, 5.74) is 4.87. The van der Waals surface area contributed by atoms with Gasteiger partial charge in [-0.05, 0) is 23.8 Å². The minimum Gasteiger partial charge on any atom is -0.474 e. The molecule has 0 spiro atoms. The predicted octanol–water partition coefficient (Wildman–Crippen LogP) is 0.986. The zero-order chi connectivity index (χ0) is 12.1. The van der Waals surface area contributed by atoms with E-state index in [9.17, 15) is 13.6 Å². The van der Waals surface area contributed by atoms with Crippen molar-refractivity contribution >= 4 is 11.8 Å². The van der Waals surface area contributed by atoms with Gasteiger partial charge in [-0.1, -0.05) is 0 Å². The summed E-state index contributed by atoms with van der Waals surface area (Å²) in [6.45, 7) is -0.109. The topological polar surface area (TPSA) is 76.2 Å². The van der Waals surface area contributed by atoms with Gasteiger partial charge in [0.05, 0.1) is 6.61 Å². The van der Waals surface area contributed by atoms with E-state index in [0.29, 0.717) is 0 Å². The second kappa shape index (κ2) is 5.20. The molecule has 4 nitrogen and oxygen atoms in total. The molecule has 0 heterocycles. The molecule has 0 saturated heterocycles. The molecule has 1 aromatic carbocycles. The summed E-state index contributed by atoms with van der Waals surface area (Å²) in [5.74, 6) is -2.81. The van der Waals surface area contributed by atoms with E-state index in [4.69, 9.17) is 11.1 Å². The van der Waals surface area contributed by atoms with Gasteiger partial charge in [0, 0.05) is 6.42 Å². The Morgan fingerprint density at radius 3 is 2.75 bits per heavy atom. The van der Waals surface area contributed by atoms with Gasteiger partial charge in [-0.25, -0.2) is 8.78 Å². The van der Waals surface area contributed by atoms with Crippen LogP contribution in [0.5, 0.6) is 0 Å². The number of nitrogens with two attached hydrogens (primary N) is 1. The average molecular weight is 228 g/mol. The van der Waals surface area contributed by atoms with Crippen molar-refractivity contribution in [3.63, 3.8) is 0 Å². The molecular formula is C10H10F2N2O2. The molecule has 0 bridgehead atoms. The van der Waals surface area contributed by atoms with Gasteiger partial charge in [0.15, 0.2) is 0 Å². The lowest BCUT2D eigenvalue weighted by molar-refractivity contribution is -0.113. The summed E-state index contributed by atoms with van der Waals surface area (Å²) in [5, 5.41) is 6.94. The molecule has 0 radical (unpaired) electrons. The smallest absolute Gasteiger partial charge is 0.303 e. The summed E-state index contributed by atoms with van der Waals surface area (Å²) in [6.07, 6.45) is 0.0548. The number of amides is 1. The van der Waals surface area contributed by atoms with Crippen molar-refractivity contribution in [2.24, 2.45) is 5.73 Å². The standard InChI is InChI=1S/C10H10F2N2O2/c11-7-1-2-8(12)6(5-7)3-4-16-10(14)9(13)15/h1-2,5,14H,3-4H2,(H2,13,15). The van der Waals surface area contributed by atoms with Crippen LogP contribution in [0.3, 0.4) is 0 Å². The molecular weight excluding hydrogens is 218 g/mol. The SMILES string of the molecule is N=C(OCCc1cc(F)ccc1F)C(N)=O. The van der Waals surface area contributed by atoms with Gasteiger partial charge in [0.25, 0.3) is 5.90 Å². The van der Waals surface area contributed by atoms with Crippen LogP contribution in [-0.4, -0.2) is 18.4 Å². The summed E-state index contributed by atoms with van der Waals surface area (Å²) in [4.78, 5) is 10.4. The molecule has 1 aromatic rings. The number of ether oxygens (including phenoxy) is 1. The minimum absolute atomic E-state index is 0.0548. The van der Waals surface area contributed by atoms with Crippen molar-refractivity contribution in [1.29, 1.82) is 5.41 Å². The Kier molecular flexibility index (Phi) is 3.93. The van der Waals surface area contributed by atoms with Gasteiger partial charge in [0.1, 0.15) is 11.6 Å². The van der Waals surface area contributed by atoms with Gasteiger partial charge in [-0.15, -0.1) is 0 Å². The number of hydrogen-bond acceptors (Lipinski definition) is 3. The van der Waals surface area contributed by atoms with E-state index in [2.05, 4.69) is 4.74 Å². The highest BCUT2D eigenvalue weighted by Gasteiger charge is 2.07. The Hall–Kier alpha value is -1.98. The van der Waals surface area contributed by atoms with Crippen molar-refractivity contribution in [1.82, 2.24) is 0 Å². The van der Waals surface area contributed by atoms with E-state index in [1.165, 1.54) is 0 Å². The second-order valence-electron chi connectivity index (χ2n) is 3.03. The summed E-state index contributed by atoms with van der Waals surface area (Å²) in [6, 6.07) is 3.04. The molecule has 0 saturated carbocycles. The average Bonchev–Trinajstić information content (AvgIpc) is 2.22. The lowest BCUT2D eigenvalue weighted by Crippen LogP contribution is -2.25. The molecule has 0 aliphatic carbocycles. The number of carbonyl (C=O) groups excluding carboxylic acids is 1. The first kappa shape index (κ1) is 12.1. The third-order valence-corrected chi connectivity index (χ3v) is 1.85. The number of nitrogens with one attached hydrogen (secondary N) is 1. The van der Waals surface area contributed by atoms with Gasteiger partial charge in [-0.3, -0.25) is 10.2 Å². The maximum Gasteiger partial charge on any atom is 0.303 e. The van der Waals surface area contributed by atoms with Crippen LogP contribution in [0.15, 0.2) is 18.2 Å². The lowest BCUT2D eigenvalue weighted by Gasteiger charge is -2.05. The Balaban J connectivity index is 2.52. The maximum atomic E-state index is 13.1. The molecule has 0 atom stereocenters. The third-order valence-electron chi connectivity index (χ3n) is 1.85. The van der Waals surface area contributed by atoms with Gasteiger partial charge in [0.2, 0.25) is 0 Å². The molecule has 0 aromatic heterocycles. The van der Waals surface area contributed by atoms with E-state index in [0.717, 1.165) is 18.2 Å². The fourth-order valence-corrected chi connectivity index (χ4v) is 1.07. The van der Waals surface area contributed by atoms with Crippen LogP contribution in [0.2, 0.25) is 0 Å². The molecule has 1 amide bonds. The Bertz CT molecular complexity index is 421. The Labute approximate surface area is 90.5 Å². The predicted molar refractivity (Wildman–Crippen MR) is 52.9 cm³/mol. The molecule has 3 N–H and O–H groups in total. The number of halogens is 2. The van der Waals surface area contributed by atoms with Gasteiger partial charge in [-0.2, -0.15) is 0 Å². The Morgan fingerprint density at radius 2 is 2.12 bits per heavy atom. The van der Waals surface area contributed by atoms with Crippen LogP contribution >= 0.6 is 0 Å². The number of hydrogen-bond donors (Lipinski definition) is 2. The van der Waals surface area contributed by atoms with Crippen molar-refractivity contribution in [2.75, 3.05) is 6.61 Å². The van der Waals surface area contributed by atoms with Gasteiger partial charge >= 0.3 is 5.91 Å². The molecule has 0 unspecified atom stereocenters. The van der Waals surface area contributed by atoms with Crippen molar-refractivity contribution < 1.29 is 18.3 Å². The van der Waals surface area contributed by atoms with E-state index >= 15 is 0 Å². The quantitative estimate of drug-likeness (QED) is 0.597. The lowest BCUT2D eigenvalue weighted by atomic mass is 10.1. The first-order valence-corrected chi connectivity index (χ1v) is 4.46. The fourth-order valence-electron chi connectivity index (χ4n) is 1.07. The molecule has 1 rings (SSSR count). The van der Waals surface area contributed by atoms with Crippen LogP contribution in [0.25, 0.3) is 0 Å². The monoisotopic (exact) mass is 228 g/mol. The van der Waals surface area contributed by atoms with E-state index in [1.54, 1.807) is 0 Å². The number of rotatable bonds is 3. The van der Waals surface area contributed by atoms with Crippen LogP contribution in [0.4, 0.5) is 8.78 Å². The van der Waals surface area contributed by atoms with E-state index in [1.807, 2.05) is 0 Å². The highest BCUT2D eigenvalue weighted by Crippen LogP contribution is 2.10. The van der Waals surface area contributed by atoms with Crippen LogP contribution in [0, 0.1) is 17.0 Å². The van der Waals surface area contributed by atoms with Crippen LogP contribution in [0.1, 0.15) is 5.56 Å². The number of primary amides is 1. The largest absolute Gasteiger partial charge is 0.474 e. The number of benzene rings is 1. The van der Waals surface area contributed by atoms with Gasteiger partial charge < -0.3 is 10.5 Å². The molecule has 86 valence electrons. The molecule has 0 fully saturated rings.